The van der Waals surface area contributed by atoms with Gasteiger partial charge in [-0.1, -0.05) is 0 Å². The Morgan fingerprint density at radius 1 is 1.30 bits per heavy atom. The Kier molecular flexibility index (Phi) is 3.54. The number of alkyl halides is 1. The first-order valence-electron chi connectivity index (χ1n) is 6.00. The Bertz CT molecular complexity index is 751. The van der Waals surface area contributed by atoms with E-state index in [2.05, 4.69) is 14.8 Å². The van der Waals surface area contributed by atoms with Crippen molar-refractivity contribution in [3.05, 3.63) is 35.5 Å². The van der Waals surface area contributed by atoms with Gasteiger partial charge in [-0.2, -0.15) is 0 Å². The number of rotatable bonds is 4. The minimum Gasteiger partial charge on any atom is -0.497 e. The Hall–Kier alpha value is -1.72. The average molecular weight is 309 g/mol. The molecule has 0 aliphatic rings. The van der Waals surface area contributed by atoms with Crippen molar-refractivity contribution < 1.29 is 9.47 Å². The highest BCUT2D eigenvalue weighted by molar-refractivity contribution is 7.15. The van der Waals surface area contributed by atoms with Gasteiger partial charge in [0.25, 0.3) is 0 Å². The lowest BCUT2D eigenvalue weighted by molar-refractivity contribution is 0.404. The van der Waals surface area contributed by atoms with Crippen LogP contribution in [0.25, 0.3) is 16.2 Å². The third-order valence-electron chi connectivity index (χ3n) is 3.14. The summed E-state index contributed by atoms with van der Waals surface area (Å²) in [5.41, 5.74) is 2.93. The van der Waals surface area contributed by atoms with Crippen molar-refractivity contribution in [2.45, 2.75) is 5.88 Å². The number of ether oxygens (including phenoxy) is 2. The number of thiazole rings is 1. The van der Waals surface area contributed by atoms with Gasteiger partial charge in [-0.25, -0.2) is 4.98 Å². The zero-order valence-electron chi connectivity index (χ0n) is 11.1. The summed E-state index contributed by atoms with van der Waals surface area (Å²) in [6, 6.07) is 5.73. The van der Waals surface area contributed by atoms with Crippen LogP contribution in [0, 0.1) is 0 Å². The van der Waals surface area contributed by atoms with Crippen LogP contribution in [0.5, 0.6) is 11.5 Å². The van der Waals surface area contributed by atoms with Gasteiger partial charge in [0.2, 0.25) is 0 Å². The summed E-state index contributed by atoms with van der Waals surface area (Å²) in [4.78, 5) is 5.28. The van der Waals surface area contributed by atoms with Crippen LogP contribution in [0.3, 0.4) is 0 Å². The van der Waals surface area contributed by atoms with Crippen LogP contribution in [0.1, 0.15) is 5.69 Å². The molecule has 0 aliphatic carbocycles. The summed E-state index contributed by atoms with van der Waals surface area (Å²) in [7, 11) is 3.31. The fraction of sp³-hybridized carbons (Fsp3) is 0.214. The number of aromatic nitrogens is 2. The lowest BCUT2D eigenvalue weighted by Crippen LogP contribution is -1.95. The molecule has 0 radical (unpaired) electrons. The van der Waals surface area contributed by atoms with Gasteiger partial charge < -0.3 is 9.47 Å². The maximum Gasteiger partial charge on any atom is 0.194 e. The predicted octanol–water partition coefficient (Wildman–Crippen LogP) is 3.82. The summed E-state index contributed by atoms with van der Waals surface area (Å²) < 4.78 is 12.8. The van der Waals surface area contributed by atoms with Crippen molar-refractivity contribution in [1.29, 1.82) is 0 Å². The van der Waals surface area contributed by atoms with E-state index in [-0.39, 0.29) is 0 Å². The maximum absolute atomic E-state index is 5.98. The summed E-state index contributed by atoms with van der Waals surface area (Å²) in [6.45, 7) is 0. The van der Waals surface area contributed by atoms with Crippen LogP contribution in [0.2, 0.25) is 0 Å². The molecule has 0 amide bonds. The molecule has 0 N–H and O–H groups in total. The molecule has 3 aromatic rings. The van der Waals surface area contributed by atoms with Crippen molar-refractivity contribution in [3.8, 4) is 22.8 Å². The van der Waals surface area contributed by atoms with Crippen molar-refractivity contribution in [1.82, 2.24) is 9.38 Å². The van der Waals surface area contributed by atoms with Crippen LogP contribution >= 0.6 is 22.9 Å². The Labute approximate surface area is 125 Å². The minimum atomic E-state index is 0.414. The highest BCUT2D eigenvalue weighted by atomic mass is 35.5. The summed E-state index contributed by atoms with van der Waals surface area (Å²) >= 11 is 7.56. The maximum atomic E-state index is 5.98. The molecule has 3 rings (SSSR count). The van der Waals surface area contributed by atoms with E-state index >= 15 is 0 Å². The first-order chi connectivity index (χ1) is 9.78. The van der Waals surface area contributed by atoms with E-state index in [0.717, 1.165) is 33.4 Å². The summed E-state index contributed by atoms with van der Waals surface area (Å²) in [5, 5.41) is 2.05. The van der Waals surface area contributed by atoms with E-state index in [1.165, 1.54) is 0 Å². The predicted molar refractivity (Wildman–Crippen MR) is 81.2 cm³/mol. The topological polar surface area (TPSA) is 35.8 Å². The third-order valence-corrected chi connectivity index (χ3v) is 4.25. The fourth-order valence-corrected chi connectivity index (χ4v) is 3.24. The number of halogens is 1. The molecule has 20 heavy (non-hydrogen) atoms. The molecule has 104 valence electrons. The molecule has 0 aliphatic heterocycles. The van der Waals surface area contributed by atoms with Crippen LogP contribution < -0.4 is 9.47 Å². The molecule has 0 spiro atoms. The molecule has 0 atom stereocenters. The molecule has 6 heteroatoms. The number of hydrogen-bond donors (Lipinski definition) is 0. The van der Waals surface area contributed by atoms with Crippen LogP contribution in [0.4, 0.5) is 0 Å². The molecule has 0 fully saturated rings. The summed E-state index contributed by atoms with van der Waals surface area (Å²) in [6.07, 6.45) is 1.80. The zero-order chi connectivity index (χ0) is 14.1. The molecule has 0 bridgehead atoms. The lowest BCUT2D eigenvalue weighted by Gasteiger charge is -2.10. The van der Waals surface area contributed by atoms with Crippen LogP contribution in [0.15, 0.2) is 29.8 Å². The Balaban J connectivity index is 2.26. The molecular formula is C14H13ClN2O2S. The normalized spacial score (nSPS) is 10.9. The first-order valence-corrected chi connectivity index (χ1v) is 7.42. The van der Waals surface area contributed by atoms with E-state index in [1.54, 1.807) is 31.8 Å². The molecule has 4 nitrogen and oxygen atoms in total. The van der Waals surface area contributed by atoms with Gasteiger partial charge in [0.05, 0.1) is 37.7 Å². The first kappa shape index (κ1) is 13.3. The van der Waals surface area contributed by atoms with Gasteiger partial charge in [-0.15, -0.1) is 22.9 Å². The molecular weight excluding hydrogens is 296 g/mol. The smallest absolute Gasteiger partial charge is 0.194 e. The second-order valence-corrected chi connectivity index (χ2v) is 5.29. The van der Waals surface area contributed by atoms with Gasteiger partial charge in [0, 0.05) is 10.9 Å². The molecule has 1 aromatic carbocycles. The monoisotopic (exact) mass is 308 g/mol. The zero-order valence-corrected chi connectivity index (χ0v) is 12.7. The van der Waals surface area contributed by atoms with E-state index in [1.807, 2.05) is 18.2 Å². The van der Waals surface area contributed by atoms with Crippen molar-refractivity contribution in [2.75, 3.05) is 14.2 Å². The average Bonchev–Trinajstić information content (AvgIpc) is 3.07. The van der Waals surface area contributed by atoms with E-state index < -0.39 is 0 Å². The van der Waals surface area contributed by atoms with Crippen molar-refractivity contribution in [2.24, 2.45) is 0 Å². The van der Waals surface area contributed by atoms with Crippen molar-refractivity contribution >= 4 is 27.9 Å². The number of fused-ring (bicyclic) bond motifs is 1. The summed E-state index contributed by atoms with van der Waals surface area (Å²) in [5.74, 6) is 1.99. The SMILES string of the molecule is COc1ccc(OC)c(-c2csc3ncc(CCl)n23)c1. The number of methoxy groups -OCH3 is 2. The largest absolute Gasteiger partial charge is 0.497 e. The lowest BCUT2D eigenvalue weighted by atomic mass is 10.1. The number of benzene rings is 1. The van der Waals surface area contributed by atoms with Crippen LogP contribution in [-0.4, -0.2) is 23.6 Å². The third kappa shape index (κ3) is 2.03. The van der Waals surface area contributed by atoms with Gasteiger partial charge in [0.15, 0.2) is 4.96 Å². The van der Waals surface area contributed by atoms with Gasteiger partial charge in [-0.05, 0) is 18.2 Å². The van der Waals surface area contributed by atoms with Gasteiger partial charge in [-0.3, -0.25) is 4.40 Å². The van der Waals surface area contributed by atoms with Gasteiger partial charge in [0.1, 0.15) is 11.5 Å². The standard InChI is InChI=1S/C14H13ClN2O2S/c1-18-10-3-4-13(19-2)11(5-10)12-8-20-14-16-7-9(6-15)17(12)14/h3-5,7-8H,6H2,1-2H3. The fourth-order valence-electron chi connectivity index (χ4n) is 2.16. The molecule has 0 saturated carbocycles. The molecule has 0 unspecified atom stereocenters. The molecule has 2 heterocycles. The van der Waals surface area contributed by atoms with E-state index in [4.69, 9.17) is 21.1 Å². The highest BCUT2D eigenvalue weighted by Crippen LogP contribution is 2.36. The minimum absolute atomic E-state index is 0.414. The number of nitrogens with zero attached hydrogens (tertiary/aromatic N) is 2. The second-order valence-electron chi connectivity index (χ2n) is 4.19. The molecule has 0 saturated heterocycles. The van der Waals surface area contributed by atoms with Gasteiger partial charge >= 0.3 is 0 Å². The quantitative estimate of drug-likeness (QED) is 0.687. The highest BCUT2D eigenvalue weighted by Gasteiger charge is 2.15. The Morgan fingerprint density at radius 3 is 2.85 bits per heavy atom. The van der Waals surface area contributed by atoms with E-state index in [0.29, 0.717) is 5.88 Å². The number of imidazole rings is 1. The molecule has 2 aromatic heterocycles. The van der Waals surface area contributed by atoms with Crippen molar-refractivity contribution in [3.63, 3.8) is 0 Å². The second kappa shape index (κ2) is 5.34. The van der Waals surface area contributed by atoms with Crippen LogP contribution in [-0.2, 0) is 5.88 Å². The van der Waals surface area contributed by atoms with E-state index in [9.17, 15) is 0 Å². The number of hydrogen-bond acceptors (Lipinski definition) is 4. The Morgan fingerprint density at radius 2 is 2.15 bits per heavy atom.